The van der Waals surface area contributed by atoms with E-state index in [9.17, 15) is 13.3 Å². The van der Waals surface area contributed by atoms with Crippen molar-refractivity contribution in [2.45, 2.75) is 11.3 Å². The molecule has 0 aliphatic carbocycles. The molecule has 0 unspecified atom stereocenters. The zero-order chi connectivity index (χ0) is 12.9. The Morgan fingerprint density at radius 3 is 2.59 bits per heavy atom. The highest BCUT2D eigenvalue weighted by Gasteiger charge is 2.23. The SMILES string of the molecule is CN(CCCN)S(=O)(=O)c1ccccc1N=O. The third kappa shape index (κ3) is 3.09. The molecule has 0 heterocycles. The van der Waals surface area contributed by atoms with Crippen LogP contribution in [0.5, 0.6) is 0 Å². The number of sulfonamides is 1. The summed E-state index contributed by atoms with van der Waals surface area (Å²) in [5.41, 5.74) is 5.25. The van der Waals surface area contributed by atoms with Gasteiger partial charge in [-0.25, -0.2) is 12.7 Å². The lowest BCUT2D eigenvalue weighted by molar-refractivity contribution is 0.464. The first kappa shape index (κ1) is 13.8. The normalized spacial score (nSPS) is 11.7. The summed E-state index contributed by atoms with van der Waals surface area (Å²) in [5, 5.41) is 2.72. The van der Waals surface area contributed by atoms with Crippen molar-refractivity contribution in [1.82, 2.24) is 4.31 Å². The van der Waals surface area contributed by atoms with Crippen LogP contribution in [-0.4, -0.2) is 32.9 Å². The van der Waals surface area contributed by atoms with E-state index in [0.29, 0.717) is 19.5 Å². The summed E-state index contributed by atoms with van der Waals surface area (Å²) >= 11 is 0. The van der Waals surface area contributed by atoms with Crippen molar-refractivity contribution >= 4 is 15.7 Å². The summed E-state index contributed by atoms with van der Waals surface area (Å²) in [6.45, 7) is 0.722. The van der Waals surface area contributed by atoms with Crippen LogP contribution in [0.3, 0.4) is 0 Å². The van der Waals surface area contributed by atoms with Gasteiger partial charge in [0.05, 0.1) is 0 Å². The van der Waals surface area contributed by atoms with Crippen molar-refractivity contribution in [3.8, 4) is 0 Å². The van der Waals surface area contributed by atoms with E-state index in [1.54, 1.807) is 12.1 Å². The highest BCUT2D eigenvalue weighted by molar-refractivity contribution is 7.89. The van der Waals surface area contributed by atoms with Gasteiger partial charge in [0.1, 0.15) is 10.6 Å². The van der Waals surface area contributed by atoms with Crippen LogP contribution in [0, 0.1) is 4.91 Å². The van der Waals surface area contributed by atoms with Crippen molar-refractivity contribution in [3.63, 3.8) is 0 Å². The number of nitrogens with two attached hydrogens (primary N) is 1. The van der Waals surface area contributed by atoms with E-state index in [-0.39, 0.29) is 10.6 Å². The van der Waals surface area contributed by atoms with Crippen LogP contribution in [-0.2, 0) is 10.0 Å². The fourth-order valence-corrected chi connectivity index (χ4v) is 2.68. The average Bonchev–Trinajstić information content (AvgIpc) is 2.35. The number of nitrogens with zero attached hydrogens (tertiary/aromatic N) is 2. The number of rotatable bonds is 6. The fourth-order valence-electron chi connectivity index (χ4n) is 1.35. The maximum atomic E-state index is 12.1. The zero-order valence-corrected chi connectivity index (χ0v) is 10.4. The highest BCUT2D eigenvalue weighted by Crippen LogP contribution is 2.25. The number of hydrogen-bond acceptors (Lipinski definition) is 5. The smallest absolute Gasteiger partial charge is 0.245 e. The van der Waals surface area contributed by atoms with Gasteiger partial charge >= 0.3 is 0 Å². The largest absolute Gasteiger partial charge is 0.330 e. The van der Waals surface area contributed by atoms with Crippen LogP contribution in [0.1, 0.15) is 6.42 Å². The summed E-state index contributed by atoms with van der Waals surface area (Å²) in [6.07, 6.45) is 0.562. The van der Waals surface area contributed by atoms with E-state index >= 15 is 0 Å². The van der Waals surface area contributed by atoms with Gasteiger partial charge in [-0.1, -0.05) is 12.1 Å². The quantitative estimate of drug-likeness (QED) is 0.771. The lowest BCUT2D eigenvalue weighted by Gasteiger charge is -2.17. The predicted molar refractivity (Wildman–Crippen MR) is 65.4 cm³/mol. The Labute approximate surface area is 100 Å². The summed E-state index contributed by atoms with van der Waals surface area (Å²) in [6, 6.07) is 5.86. The molecule has 6 nitrogen and oxygen atoms in total. The van der Waals surface area contributed by atoms with E-state index in [0.717, 1.165) is 0 Å². The minimum atomic E-state index is -3.67. The first-order valence-corrected chi connectivity index (χ1v) is 6.57. The van der Waals surface area contributed by atoms with Crippen molar-refractivity contribution < 1.29 is 8.42 Å². The molecular formula is C10H15N3O3S. The van der Waals surface area contributed by atoms with Gasteiger partial charge in [-0.15, -0.1) is 4.91 Å². The molecule has 0 aliphatic rings. The first-order chi connectivity index (χ1) is 8.04. The Balaban J connectivity index is 3.08. The Morgan fingerprint density at radius 2 is 2.00 bits per heavy atom. The van der Waals surface area contributed by atoms with Crippen molar-refractivity contribution in [2.75, 3.05) is 20.1 Å². The second-order valence-corrected chi connectivity index (χ2v) is 5.54. The van der Waals surface area contributed by atoms with Gasteiger partial charge in [0.25, 0.3) is 0 Å². The van der Waals surface area contributed by atoms with Crippen molar-refractivity contribution in [3.05, 3.63) is 29.2 Å². The zero-order valence-electron chi connectivity index (χ0n) is 9.54. The molecule has 0 saturated carbocycles. The molecule has 1 aromatic carbocycles. The van der Waals surface area contributed by atoms with Gasteiger partial charge in [-0.2, -0.15) is 0 Å². The molecule has 7 heteroatoms. The molecule has 1 aromatic rings. The molecule has 0 atom stereocenters. The highest BCUT2D eigenvalue weighted by atomic mass is 32.2. The van der Waals surface area contributed by atoms with Crippen LogP contribution >= 0.6 is 0 Å². The average molecular weight is 257 g/mol. The van der Waals surface area contributed by atoms with E-state index in [2.05, 4.69) is 5.18 Å². The standard InChI is InChI=1S/C10H15N3O3S/c1-13(8-4-7-11)17(15,16)10-6-3-2-5-9(10)12-14/h2-3,5-6H,4,7-8,11H2,1H3. The minimum absolute atomic E-state index is 0.0745. The van der Waals surface area contributed by atoms with Gasteiger partial charge in [0, 0.05) is 13.6 Å². The second kappa shape index (κ2) is 5.85. The molecule has 94 valence electrons. The van der Waals surface area contributed by atoms with Crippen LogP contribution in [0.25, 0.3) is 0 Å². The topological polar surface area (TPSA) is 92.8 Å². The molecule has 0 fully saturated rings. The van der Waals surface area contributed by atoms with Gasteiger partial charge in [0.15, 0.2) is 0 Å². The summed E-state index contributed by atoms with van der Waals surface area (Å²) in [5.74, 6) is 0. The van der Waals surface area contributed by atoms with Crippen LogP contribution < -0.4 is 5.73 Å². The van der Waals surface area contributed by atoms with Crippen LogP contribution in [0.4, 0.5) is 5.69 Å². The third-order valence-electron chi connectivity index (χ3n) is 2.33. The van der Waals surface area contributed by atoms with E-state index < -0.39 is 10.0 Å². The molecule has 2 N–H and O–H groups in total. The predicted octanol–water partition coefficient (Wildman–Crippen LogP) is 1.05. The summed E-state index contributed by atoms with van der Waals surface area (Å²) < 4.78 is 25.4. The Hall–Kier alpha value is -1.31. The lowest BCUT2D eigenvalue weighted by atomic mass is 10.3. The van der Waals surface area contributed by atoms with Gasteiger partial charge in [-0.05, 0) is 30.3 Å². The number of benzene rings is 1. The lowest BCUT2D eigenvalue weighted by Crippen LogP contribution is -2.29. The minimum Gasteiger partial charge on any atom is -0.330 e. The Bertz CT molecular complexity index is 487. The van der Waals surface area contributed by atoms with Crippen LogP contribution in [0.2, 0.25) is 0 Å². The summed E-state index contributed by atoms with van der Waals surface area (Å²) in [7, 11) is -2.22. The number of nitroso groups, excluding NO2 is 1. The third-order valence-corrected chi connectivity index (χ3v) is 4.23. The van der Waals surface area contributed by atoms with E-state index in [1.807, 2.05) is 0 Å². The molecule has 0 aliphatic heterocycles. The molecule has 0 radical (unpaired) electrons. The van der Waals surface area contributed by atoms with E-state index in [1.165, 1.54) is 23.5 Å². The van der Waals surface area contributed by atoms with Gasteiger partial charge in [0.2, 0.25) is 10.0 Å². The maximum absolute atomic E-state index is 12.1. The molecule has 0 amide bonds. The first-order valence-electron chi connectivity index (χ1n) is 5.13. The molecule has 1 rings (SSSR count). The Morgan fingerprint density at radius 1 is 1.35 bits per heavy atom. The molecule has 0 saturated heterocycles. The van der Waals surface area contributed by atoms with Crippen molar-refractivity contribution in [1.29, 1.82) is 0 Å². The number of hydrogen-bond donors (Lipinski definition) is 1. The van der Waals surface area contributed by atoms with Gasteiger partial charge < -0.3 is 5.73 Å². The Kier molecular flexibility index (Phi) is 4.73. The van der Waals surface area contributed by atoms with Crippen LogP contribution in [0.15, 0.2) is 34.3 Å². The maximum Gasteiger partial charge on any atom is 0.245 e. The monoisotopic (exact) mass is 257 g/mol. The molecule has 0 bridgehead atoms. The summed E-state index contributed by atoms with van der Waals surface area (Å²) in [4.78, 5) is 10.5. The molecule has 0 spiro atoms. The molecule has 0 aromatic heterocycles. The van der Waals surface area contributed by atoms with Gasteiger partial charge in [-0.3, -0.25) is 0 Å². The molecular weight excluding hydrogens is 242 g/mol. The van der Waals surface area contributed by atoms with E-state index in [4.69, 9.17) is 5.73 Å². The second-order valence-electron chi connectivity index (χ2n) is 3.53. The molecule has 17 heavy (non-hydrogen) atoms. The van der Waals surface area contributed by atoms with Crippen molar-refractivity contribution in [2.24, 2.45) is 10.9 Å². The fraction of sp³-hybridized carbons (Fsp3) is 0.400.